The van der Waals surface area contributed by atoms with Crippen LogP contribution in [0.1, 0.15) is 0 Å². The molecule has 3 heteroatoms. The zero-order valence-corrected chi connectivity index (χ0v) is 30.8. The van der Waals surface area contributed by atoms with Crippen molar-refractivity contribution >= 4 is 93.3 Å². The van der Waals surface area contributed by atoms with Crippen molar-refractivity contribution in [2.45, 2.75) is 0 Å². The Hall–Kier alpha value is -7.62. The van der Waals surface area contributed by atoms with E-state index in [-0.39, 0.29) is 0 Å². The highest BCUT2D eigenvalue weighted by Crippen LogP contribution is 2.48. The normalized spacial score (nSPS) is 11.9. The molecule has 0 bridgehead atoms. The van der Waals surface area contributed by atoms with Crippen LogP contribution < -0.4 is 4.90 Å². The Kier molecular flexibility index (Phi) is 6.93. The Morgan fingerprint density at radius 3 is 1.68 bits per heavy atom. The second kappa shape index (κ2) is 12.5. The molecule has 2 heterocycles. The SMILES string of the molecule is c1ccc(-c2ccc3oc4c(-c5cc6c(oc7cccc(N(c8ccc9ccccc9c8)c8ccc9ccccc9c8)c76)c6ccccc56)cccc4c3c2)cc1. The topological polar surface area (TPSA) is 29.5 Å². The van der Waals surface area contributed by atoms with Crippen molar-refractivity contribution < 1.29 is 8.83 Å². The van der Waals surface area contributed by atoms with Gasteiger partial charge in [-0.15, -0.1) is 0 Å². The lowest BCUT2D eigenvalue weighted by molar-refractivity contribution is 0.670. The molecule has 0 spiro atoms. The van der Waals surface area contributed by atoms with Crippen molar-refractivity contribution in [1.82, 2.24) is 0 Å². The van der Waals surface area contributed by atoms with E-state index in [0.717, 1.165) is 82.8 Å². The van der Waals surface area contributed by atoms with E-state index in [1.807, 2.05) is 0 Å². The summed E-state index contributed by atoms with van der Waals surface area (Å²) in [4.78, 5) is 2.38. The smallest absolute Gasteiger partial charge is 0.143 e. The Balaban J connectivity index is 1.13. The van der Waals surface area contributed by atoms with Crippen molar-refractivity contribution in [3.63, 3.8) is 0 Å². The van der Waals surface area contributed by atoms with Gasteiger partial charge >= 0.3 is 0 Å². The molecule has 0 unspecified atom stereocenters. The van der Waals surface area contributed by atoms with Crippen molar-refractivity contribution in [3.8, 4) is 22.3 Å². The highest BCUT2D eigenvalue weighted by molar-refractivity contribution is 6.24. The summed E-state index contributed by atoms with van der Waals surface area (Å²) < 4.78 is 13.7. The van der Waals surface area contributed by atoms with Crippen molar-refractivity contribution in [3.05, 3.63) is 200 Å². The fraction of sp³-hybridized carbons (Fsp3) is 0. The number of benzene rings is 10. The van der Waals surface area contributed by atoms with Gasteiger partial charge < -0.3 is 13.7 Å². The van der Waals surface area contributed by atoms with E-state index in [1.54, 1.807) is 0 Å². The van der Waals surface area contributed by atoms with Crippen LogP contribution in [0, 0.1) is 0 Å². The van der Waals surface area contributed by atoms with Gasteiger partial charge in [-0.3, -0.25) is 0 Å². The van der Waals surface area contributed by atoms with Crippen LogP contribution in [0.5, 0.6) is 0 Å². The van der Waals surface area contributed by atoms with Crippen LogP contribution in [-0.2, 0) is 0 Å². The molecule has 10 aromatic carbocycles. The first-order valence-corrected chi connectivity index (χ1v) is 19.4. The van der Waals surface area contributed by atoms with Crippen LogP contribution in [0.15, 0.2) is 209 Å². The molecule has 0 aliphatic heterocycles. The van der Waals surface area contributed by atoms with Crippen LogP contribution in [0.3, 0.4) is 0 Å². The molecule has 12 rings (SSSR count). The van der Waals surface area contributed by atoms with Crippen LogP contribution in [0.25, 0.3) is 98.4 Å². The molecule has 0 fully saturated rings. The standard InChI is InChI=1S/C54H33NO2/c1-2-12-34(13-3-1)39-26-29-50-47(32-39)45-21-10-20-44(53(45)56-50)46-33-48-52-49(22-11-23-51(52)57-54(48)43-19-9-8-18-42(43)46)55(40-27-24-35-14-4-6-16-37(35)30-40)41-28-25-36-15-5-7-17-38(36)31-41/h1-33H. The fourth-order valence-electron chi connectivity index (χ4n) is 8.92. The van der Waals surface area contributed by atoms with Crippen molar-refractivity contribution in [2.75, 3.05) is 4.90 Å². The van der Waals surface area contributed by atoms with Crippen LogP contribution >= 0.6 is 0 Å². The number of furan rings is 2. The van der Waals surface area contributed by atoms with E-state index in [4.69, 9.17) is 8.83 Å². The Bertz CT molecular complexity index is 3460. The van der Waals surface area contributed by atoms with E-state index in [0.29, 0.717) is 0 Å². The summed E-state index contributed by atoms with van der Waals surface area (Å²) in [5, 5.41) is 11.3. The first-order chi connectivity index (χ1) is 28.2. The Morgan fingerprint density at radius 2 is 0.930 bits per heavy atom. The molecule has 0 amide bonds. The summed E-state index contributed by atoms with van der Waals surface area (Å²) in [6, 6.07) is 71.5. The Labute approximate surface area is 328 Å². The molecule has 0 aliphatic rings. The molecule has 0 saturated heterocycles. The van der Waals surface area contributed by atoms with Gasteiger partial charge in [-0.05, 0) is 98.2 Å². The van der Waals surface area contributed by atoms with Crippen molar-refractivity contribution in [1.29, 1.82) is 0 Å². The van der Waals surface area contributed by atoms with E-state index in [2.05, 4.69) is 205 Å². The number of hydrogen-bond acceptors (Lipinski definition) is 3. The molecule has 0 saturated carbocycles. The fourth-order valence-corrected chi connectivity index (χ4v) is 8.92. The molecular formula is C54H33NO2. The third kappa shape index (κ3) is 4.99. The maximum atomic E-state index is 6.90. The van der Waals surface area contributed by atoms with Gasteiger partial charge in [-0.2, -0.15) is 0 Å². The highest BCUT2D eigenvalue weighted by Gasteiger charge is 2.23. The number of para-hydroxylation sites is 1. The maximum absolute atomic E-state index is 6.90. The number of anilines is 3. The second-order valence-corrected chi connectivity index (χ2v) is 14.9. The largest absolute Gasteiger partial charge is 0.455 e. The van der Waals surface area contributed by atoms with E-state index in [1.165, 1.54) is 32.7 Å². The first-order valence-electron chi connectivity index (χ1n) is 19.4. The molecule has 0 N–H and O–H groups in total. The summed E-state index contributed by atoms with van der Waals surface area (Å²) in [6.45, 7) is 0. The quantitative estimate of drug-likeness (QED) is 0.177. The second-order valence-electron chi connectivity index (χ2n) is 14.9. The third-order valence-electron chi connectivity index (χ3n) is 11.6. The molecule has 0 aliphatic carbocycles. The zero-order chi connectivity index (χ0) is 37.5. The molecule has 57 heavy (non-hydrogen) atoms. The summed E-state index contributed by atoms with van der Waals surface area (Å²) in [7, 11) is 0. The van der Waals surface area contributed by atoms with Gasteiger partial charge in [-0.1, -0.05) is 146 Å². The van der Waals surface area contributed by atoms with Gasteiger partial charge in [0.2, 0.25) is 0 Å². The predicted octanol–water partition coefficient (Wildman–Crippen LogP) is 15.7. The summed E-state index contributed by atoms with van der Waals surface area (Å²) in [5.41, 5.74) is 11.2. The van der Waals surface area contributed by atoms with Gasteiger partial charge in [0.25, 0.3) is 0 Å². The molecule has 266 valence electrons. The minimum atomic E-state index is 0.840. The third-order valence-corrected chi connectivity index (χ3v) is 11.6. The average molecular weight is 728 g/mol. The van der Waals surface area contributed by atoms with E-state index in [9.17, 15) is 0 Å². The van der Waals surface area contributed by atoms with Gasteiger partial charge in [0.1, 0.15) is 22.3 Å². The van der Waals surface area contributed by atoms with E-state index >= 15 is 0 Å². The number of rotatable bonds is 5. The van der Waals surface area contributed by atoms with E-state index < -0.39 is 0 Å². The first kappa shape index (κ1) is 31.7. The highest BCUT2D eigenvalue weighted by atomic mass is 16.3. The van der Waals surface area contributed by atoms with Crippen LogP contribution in [-0.4, -0.2) is 0 Å². The van der Waals surface area contributed by atoms with Gasteiger partial charge in [0.05, 0.1) is 11.1 Å². The lowest BCUT2D eigenvalue weighted by Crippen LogP contribution is -2.10. The lowest BCUT2D eigenvalue weighted by Gasteiger charge is -2.27. The maximum Gasteiger partial charge on any atom is 0.143 e. The Morgan fingerprint density at radius 1 is 0.316 bits per heavy atom. The molecule has 3 nitrogen and oxygen atoms in total. The predicted molar refractivity (Wildman–Crippen MR) is 239 cm³/mol. The number of fused-ring (bicyclic) bond motifs is 10. The molecular weight excluding hydrogens is 695 g/mol. The monoisotopic (exact) mass is 727 g/mol. The average Bonchev–Trinajstić information content (AvgIpc) is 3.85. The molecule has 12 aromatic rings. The summed E-state index contributed by atoms with van der Waals surface area (Å²) >= 11 is 0. The van der Waals surface area contributed by atoms with Crippen LogP contribution in [0.4, 0.5) is 17.1 Å². The zero-order valence-electron chi connectivity index (χ0n) is 30.8. The minimum absolute atomic E-state index is 0.840. The van der Waals surface area contributed by atoms with Gasteiger partial charge in [0.15, 0.2) is 0 Å². The summed E-state index contributed by atoms with van der Waals surface area (Å²) in [6.07, 6.45) is 0. The molecule has 2 aromatic heterocycles. The minimum Gasteiger partial charge on any atom is -0.455 e. The lowest BCUT2D eigenvalue weighted by atomic mass is 9.93. The number of hydrogen-bond donors (Lipinski definition) is 0. The molecule has 0 atom stereocenters. The van der Waals surface area contributed by atoms with Crippen LogP contribution in [0.2, 0.25) is 0 Å². The number of nitrogens with zero attached hydrogens (tertiary/aromatic N) is 1. The van der Waals surface area contributed by atoms with Crippen molar-refractivity contribution in [2.24, 2.45) is 0 Å². The summed E-state index contributed by atoms with van der Waals surface area (Å²) in [5.74, 6) is 0. The van der Waals surface area contributed by atoms with Gasteiger partial charge in [-0.25, -0.2) is 0 Å². The van der Waals surface area contributed by atoms with Gasteiger partial charge in [0, 0.05) is 38.5 Å². The molecule has 0 radical (unpaired) electrons.